The molecule has 0 saturated heterocycles. The van der Waals surface area contributed by atoms with Gasteiger partial charge in [0, 0.05) is 0 Å². The normalized spacial score (nSPS) is 10.8. The summed E-state index contributed by atoms with van der Waals surface area (Å²) in [5.74, 6) is -1.42. The molecule has 0 fully saturated rings. The Morgan fingerprint density at radius 1 is 1.82 bits per heavy atom. The van der Waals surface area contributed by atoms with Crippen LogP contribution in [0.4, 0.5) is 4.39 Å². The molecule has 0 spiro atoms. The van der Waals surface area contributed by atoms with Gasteiger partial charge in [0.2, 0.25) is 0 Å². The number of halogens is 1. The molecule has 0 radical (unpaired) electrons. The Kier molecular flexibility index (Phi) is 4.76. The molecule has 0 amide bonds. The average Bonchev–Trinajstić information content (AvgIpc) is 1.97. The lowest BCUT2D eigenvalue weighted by Crippen LogP contribution is -2.20. The Bertz CT molecular complexity index is 179. The van der Waals surface area contributed by atoms with Gasteiger partial charge in [-0.15, -0.1) is 6.58 Å². The second kappa shape index (κ2) is 5.43. The molecule has 0 aromatic rings. The van der Waals surface area contributed by atoms with Gasteiger partial charge in [-0.1, -0.05) is 6.08 Å². The van der Waals surface area contributed by atoms with Crippen LogP contribution in [0.25, 0.3) is 0 Å². The molecule has 11 heavy (non-hydrogen) atoms. The smallest absolute Gasteiger partial charge is 0.356 e. The molecule has 0 bridgehead atoms. The third kappa shape index (κ3) is 4.10. The van der Waals surface area contributed by atoms with Crippen LogP contribution in [0.15, 0.2) is 24.7 Å². The van der Waals surface area contributed by atoms with E-state index >= 15 is 0 Å². The Hall–Kier alpha value is -1.36. The van der Waals surface area contributed by atoms with E-state index in [1.807, 2.05) is 5.48 Å². The van der Waals surface area contributed by atoms with E-state index in [1.54, 1.807) is 0 Å². The molecule has 4 nitrogen and oxygen atoms in total. The minimum Gasteiger partial charge on any atom is -0.476 e. The highest BCUT2D eigenvalue weighted by atomic mass is 19.1. The topological polar surface area (TPSA) is 58.6 Å². The number of carboxylic acids is 1. The van der Waals surface area contributed by atoms with Gasteiger partial charge in [-0.3, -0.25) is 10.3 Å². The number of carboxylic acid groups (broad SMARTS) is 1. The number of hydroxylamine groups is 1. The van der Waals surface area contributed by atoms with E-state index in [0.717, 1.165) is 0 Å². The second-order valence-corrected chi connectivity index (χ2v) is 1.53. The van der Waals surface area contributed by atoms with E-state index in [-0.39, 0.29) is 12.9 Å². The average molecular weight is 161 g/mol. The van der Waals surface area contributed by atoms with Crippen molar-refractivity contribution in [2.45, 2.75) is 0 Å². The van der Waals surface area contributed by atoms with Gasteiger partial charge in [-0.25, -0.2) is 9.18 Å². The van der Waals surface area contributed by atoms with E-state index < -0.39 is 11.7 Å². The van der Waals surface area contributed by atoms with E-state index in [9.17, 15) is 9.18 Å². The molecular formula is C6H8FNO3. The third-order valence-electron chi connectivity index (χ3n) is 0.723. The number of hydrogen-bond acceptors (Lipinski definition) is 3. The summed E-state index contributed by atoms with van der Waals surface area (Å²) in [6.07, 6.45) is 1.30. The van der Waals surface area contributed by atoms with Gasteiger partial charge < -0.3 is 5.11 Å². The summed E-state index contributed by atoms with van der Waals surface area (Å²) in [6, 6.07) is 0. The summed E-state index contributed by atoms with van der Waals surface area (Å²) in [6.45, 7) is 3.40. The maximum atomic E-state index is 11.6. The van der Waals surface area contributed by atoms with Crippen LogP contribution < -0.4 is 5.48 Å². The molecule has 2 N–H and O–H groups in total. The summed E-state index contributed by atoms with van der Waals surface area (Å²) in [5.41, 5.74) is 1.24. The lowest BCUT2D eigenvalue weighted by molar-refractivity contribution is -0.134. The van der Waals surface area contributed by atoms with Gasteiger partial charge in [0.1, 0.15) is 6.33 Å². The fraction of sp³-hybridized carbons (Fsp3) is 0.167. The van der Waals surface area contributed by atoms with Crippen LogP contribution in [-0.4, -0.2) is 17.7 Å². The highest BCUT2D eigenvalue weighted by molar-refractivity contribution is 5.85. The van der Waals surface area contributed by atoms with Crippen molar-refractivity contribution >= 4 is 5.97 Å². The van der Waals surface area contributed by atoms with E-state index in [4.69, 9.17) is 5.11 Å². The van der Waals surface area contributed by atoms with Crippen LogP contribution in [-0.2, 0) is 9.63 Å². The Morgan fingerprint density at radius 3 is 2.82 bits per heavy atom. The lowest BCUT2D eigenvalue weighted by Gasteiger charge is -2.02. The van der Waals surface area contributed by atoms with Crippen LogP contribution in [0.2, 0.25) is 0 Å². The zero-order valence-electron chi connectivity index (χ0n) is 5.71. The fourth-order valence-corrected chi connectivity index (χ4v) is 0.291. The zero-order valence-corrected chi connectivity index (χ0v) is 5.71. The molecule has 0 unspecified atom stereocenters. The zero-order chi connectivity index (χ0) is 8.69. The number of hydrogen-bond donors (Lipinski definition) is 2. The molecule has 0 aromatic heterocycles. The quantitative estimate of drug-likeness (QED) is 0.268. The summed E-state index contributed by atoms with van der Waals surface area (Å²) in [4.78, 5) is 14.5. The first-order valence-corrected chi connectivity index (χ1v) is 2.74. The minimum absolute atomic E-state index is 0.0918. The van der Waals surface area contributed by atoms with Crippen molar-refractivity contribution in [1.29, 1.82) is 0 Å². The van der Waals surface area contributed by atoms with E-state index in [2.05, 4.69) is 11.4 Å². The third-order valence-corrected chi connectivity index (χ3v) is 0.723. The van der Waals surface area contributed by atoms with Crippen molar-refractivity contribution in [1.82, 2.24) is 5.48 Å². The number of aliphatic carboxylic acids is 1. The lowest BCUT2D eigenvalue weighted by atomic mass is 10.5. The minimum atomic E-state index is -1.42. The van der Waals surface area contributed by atoms with Crippen LogP contribution >= 0.6 is 0 Å². The summed E-state index contributed by atoms with van der Waals surface area (Å²) in [7, 11) is 0. The van der Waals surface area contributed by atoms with Gasteiger partial charge in [-0.05, 0) is 0 Å². The van der Waals surface area contributed by atoms with Crippen molar-refractivity contribution in [2.75, 3.05) is 6.61 Å². The second-order valence-electron chi connectivity index (χ2n) is 1.53. The number of nitrogens with one attached hydrogen (secondary N) is 1. The van der Waals surface area contributed by atoms with Gasteiger partial charge in [0.05, 0.1) is 6.61 Å². The van der Waals surface area contributed by atoms with Crippen molar-refractivity contribution < 1.29 is 19.1 Å². The molecule has 0 aliphatic carbocycles. The highest BCUT2D eigenvalue weighted by Gasteiger charge is 2.05. The first kappa shape index (κ1) is 9.64. The van der Waals surface area contributed by atoms with Crippen LogP contribution in [0.5, 0.6) is 0 Å². The fourth-order valence-electron chi connectivity index (χ4n) is 0.291. The molecule has 0 aliphatic rings. The van der Waals surface area contributed by atoms with Crippen molar-refractivity contribution in [3.8, 4) is 0 Å². The highest BCUT2D eigenvalue weighted by Crippen LogP contribution is 1.89. The Morgan fingerprint density at radius 2 is 2.45 bits per heavy atom. The van der Waals surface area contributed by atoms with Gasteiger partial charge >= 0.3 is 5.97 Å². The number of carbonyl (C=O) groups is 1. The molecule has 5 heteroatoms. The molecule has 0 aliphatic heterocycles. The van der Waals surface area contributed by atoms with E-state index in [1.165, 1.54) is 6.08 Å². The van der Waals surface area contributed by atoms with Crippen LogP contribution in [0, 0.1) is 0 Å². The monoisotopic (exact) mass is 161 g/mol. The molecule has 0 atom stereocenters. The molecule has 0 saturated carbocycles. The van der Waals surface area contributed by atoms with Crippen molar-refractivity contribution in [2.24, 2.45) is 0 Å². The maximum Gasteiger partial charge on any atom is 0.356 e. The molecule has 62 valence electrons. The summed E-state index contributed by atoms with van der Waals surface area (Å²) < 4.78 is 11.6. The summed E-state index contributed by atoms with van der Waals surface area (Å²) >= 11 is 0. The van der Waals surface area contributed by atoms with Crippen molar-refractivity contribution in [3.05, 3.63) is 24.7 Å². The summed E-state index contributed by atoms with van der Waals surface area (Å²) in [5, 5.41) is 8.20. The van der Waals surface area contributed by atoms with Crippen LogP contribution in [0.1, 0.15) is 0 Å². The standard InChI is InChI=1S/C6H8FNO3/c1-2-3-11-8-5(4-7)6(9)10/h2,4,8H,1,3H2,(H,9,10). The predicted molar refractivity (Wildman–Crippen MR) is 36.1 cm³/mol. The predicted octanol–water partition coefficient (Wildman–Crippen LogP) is 0.589. The SMILES string of the molecule is C=CCONC(=CF)C(=O)O. The Balaban J connectivity index is 3.72. The molecule has 0 aromatic carbocycles. The number of rotatable bonds is 5. The molecule has 0 rings (SSSR count). The largest absolute Gasteiger partial charge is 0.476 e. The molecule has 0 heterocycles. The van der Waals surface area contributed by atoms with Gasteiger partial charge in [0.15, 0.2) is 5.70 Å². The first-order valence-electron chi connectivity index (χ1n) is 2.74. The molecular weight excluding hydrogens is 153 g/mol. The van der Waals surface area contributed by atoms with Crippen LogP contribution in [0.3, 0.4) is 0 Å². The first-order chi connectivity index (χ1) is 5.22. The maximum absolute atomic E-state index is 11.6. The van der Waals surface area contributed by atoms with Gasteiger partial charge in [0.25, 0.3) is 0 Å². The van der Waals surface area contributed by atoms with Gasteiger partial charge in [-0.2, -0.15) is 0 Å². The van der Waals surface area contributed by atoms with E-state index in [0.29, 0.717) is 0 Å². The Labute approximate surface area is 62.9 Å². The van der Waals surface area contributed by atoms with Crippen molar-refractivity contribution in [3.63, 3.8) is 0 Å².